The molecule has 0 aromatic heterocycles. The van der Waals surface area contributed by atoms with Crippen LogP contribution in [0.25, 0.3) is 0 Å². The predicted molar refractivity (Wildman–Crippen MR) is 64.0 cm³/mol. The molecule has 0 saturated heterocycles. The summed E-state index contributed by atoms with van der Waals surface area (Å²) in [5.74, 6) is 0.903. The topological polar surface area (TPSA) is 55.5 Å². The molecule has 1 aliphatic rings. The highest BCUT2D eigenvalue weighted by atomic mass is 35.5. The van der Waals surface area contributed by atoms with Gasteiger partial charge in [0.15, 0.2) is 0 Å². The van der Waals surface area contributed by atoms with Crippen LogP contribution in [0.3, 0.4) is 0 Å². The Bertz CT molecular complexity index is 382. The lowest BCUT2D eigenvalue weighted by Gasteiger charge is -2.13. The van der Waals surface area contributed by atoms with Gasteiger partial charge in [0.2, 0.25) is 0 Å². The predicted octanol–water partition coefficient (Wildman–Crippen LogP) is 1.53. The summed E-state index contributed by atoms with van der Waals surface area (Å²) in [6, 6.07) is 3.80. The minimum atomic E-state index is -0.420. The maximum Gasteiger partial charge on any atom is 0.126 e. The molecule has 0 spiro atoms. The number of rotatable bonds is 4. The summed E-state index contributed by atoms with van der Waals surface area (Å²) in [5.41, 5.74) is 7.54. The van der Waals surface area contributed by atoms with E-state index in [9.17, 15) is 5.11 Å². The SMILES string of the molecule is NCCC(O)Cc1cc(Cl)cc2c1OCC2. The molecule has 3 nitrogen and oxygen atoms in total. The smallest absolute Gasteiger partial charge is 0.126 e. The Kier molecular flexibility index (Phi) is 3.69. The van der Waals surface area contributed by atoms with E-state index in [4.69, 9.17) is 22.1 Å². The molecule has 1 heterocycles. The maximum atomic E-state index is 9.75. The van der Waals surface area contributed by atoms with Gasteiger partial charge >= 0.3 is 0 Å². The fourth-order valence-corrected chi connectivity index (χ4v) is 2.31. The molecule has 16 heavy (non-hydrogen) atoms. The van der Waals surface area contributed by atoms with Gasteiger partial charge in [-0.1, -0.05) is 11.6 Å². The van der Waals surface area contributed by atoms with Crippen molar-refractivity contribution in [3.63, 3.8) is 0 Å². The van der Waals surface area contributed by atoms with Crippen molar-refractivity contribution in [2.45, 2.75) is 25.4 Å². The van der Waals surface area contributed by atoms with E-state index in [1.807, 2.05) is 12.1 Å². The average Bonchev–Trinajstić information content (AvgIpc) is 2.65. The molecule has 1 aromatic rings. The van der Waals surface area contributed by atoms with E-state index in [1.54, 1.807) is 0 Å². The fraction of sp³-hybridized carbons (Fsp3) is 0.500. The molecule has 0 fully saturated rings. The van der Waals surface area contributed by atoms with Crippen LogP contribution in [0.15, 0.2) is 12.1 Å². The molecule has 2 rings (SSSR count). The first kappa shape index (κ1) is 11.7. The van der Waals surface area contributed by atoms with Crippen LogP contribution in [0.1, 0.15) is 17.5 Å². The maximum absolute atomic E-state index is 9.75. The second-order valence-corrected chi connectivity index (χ2v) is 4.52. The van der Waals surface area contributed by atoms with Crippen LogP contribution >= 0.6 is 11.6 Å². The Labute approximate surface area is 100 Å². The highest BCUT2D eigenvalue weighted by molar-refractivity contribution is 6.30. The highest BCUT2D eigenvalue weighted by Gasteiger charge is 2.19. The molecule has 0 saturated carbocycles. The standard InChI is InChI=1S/C12H16ClNO2/c13-10-5-8-2-4-16-12(8)9(6-10)7-11(15)1-3-14/h5-6,11,15H,1-4,7,14H2. The lowest BCUT2D eigenvalue weighted by atomic mass is 10.0. The summed E-state index contributed by atoms with van der Waals surface area (Å²) in [4.78, 5) is 0. The van der Waals surface area contributed by atoms with Crippen molar-refractivity contribution in [2.75, 3.05) is 13.2 Å². The highest BCUT2D eigenvalue weighted by Crippen LogP contribution is 2.33. The van der Waals surface area contributed by atoms with Crippen LogP contribution in [-0.2, 0) is 12.8 Å². The molecule has 1 aliphatic heterocycles. The van der Waals surface area contributed by atoms with E-state index in [0.29, 0.717) is 31.0 Å². The second-order valence-electron chi connectivity index (χ2n) is 4.09. The van der Waals surface area contributed by atoms with Crippen LogP contribution in [0.2, 0.25) is 5.02 Å². The number of fused-ring (bicyclic) bond motifs is 1. The van der Waals surface area contributed by atoms with Gasteiger partial charge in [0.05, 0.1) is 12.7 Å². The summed E-state index contributed by atoms with van der Waals surface area (Å²) in [6.07, 6.45) is 1.63. The van der Waals surface area contributed by atoms with Gasteiger partial charge in [0.25, 0.3) is 0 Å². The van der Waals surface area contributed by atoms with Crippen LogP contribution in [-0.4, -0.2) is 24.4 Å². The van der Waals surface area contributed by atoms with Gasteiger partial charge in [-0.05, 0) is 36.2 Å². The van der Waals surface area contributed by atoms with Crippen molar-refractivity contribution in [1.82, 2.24) is 0 Å². The van der Waals surface area contributed by atoms with Crippen molar-refractivity contribution in [3.8, 4) is 5.75 Å². The second kappa shape index (κ2) is 5.04. The zero-order chi connectivity index (χ0) is 11.5. The third-order valence-electron chi connectivity index (χ3n) is 2.78. The number of aliphatic hydroxyl groups is 1. The van der Waals surface area contributed by atoms with Crippen LogP contribution in [0.5, 0.6) is 5.75 Å². The number of nitrogens with two attached hydrogens (primary N) is 1. The third-order valence-corrected chi connectivity index (χ3v) is 3.00. The molecule has 3 N–H and O–H groups in total. The normalized spacial score (nSPS) is 15.7. The van der Waals surface area contributed by atoms with Crippen LogP contribution in [0, 0.1) is 0 Å². The molecule has 4 heteroatoms. The number of benzene rings is 1. The van der Waals surface area contributed by atoms with Gasteiger partial charge in [-0.15, -0.1) is 0 Å². The van der Waals surface area contributed by atoms with Gasteiger partial charge in [-0.2, -0.15) is 0 Å². The van der Waals surface area contributed by atoms with Crippen molar-refractivity contribution >= 4 is 11.6 Å². The third kappa shape index (κ3) is 2.48. The molecular weight excluding hydrogens is 226 g/mol. The van der Waals surface area contributed by atoms with Gasteiger partial charge in [0.1, 0.15) is 5.75 Å². The van der Waals surface area contributed by atoms with Crippen molar-refractivity contribution in [2.24, 2.45) is 5.73 Å². The van der Waals surface area contributed by atoms with E-state index < -0.39 is 6.10 Å². The Balaban J connectivity index is 2.20. The number of halogens is 1. The molecule has 0 bridgehead atoms. The summed E-state index contributed by atoms with van der Waals surface area (Å²) in [5, 5.41) is 10.5. The average molecular weight is 242 g/mol. The van der Waals surface area contributed by atoms with E-state index >= 15 is 0 Å². The number of aliphatic hydroxyl groups excluding tert-OH is 1. The monoisotopic (exact) mass is 241 g/mol. The first-order valence-electron chi connectivity index (χ1n) is 5.53. The lowest BCUT2D eigenvalue weighted by molar-refractivity contribution is 0.166. The number of hydrogen-bond acceptors (Lipinski definition) is 3. The largest absolute Gasteiger partial charge is 0.493 e. The number of ether oxygens (including phenoxy) is 1. The minimum absolute atomic E-state index is 0.420. The van der Waals surface area contributed by atoms with Gasteiger partial charge in [0, 0.05) is 17.9 Å². The molecule has 1 unspecified atom stereocenters. The summed E-state index contributed by atoms with van der Waals surface area (Å²) in [7, 11) is 0. The minimum Gasteiger partial charge on any atom is -0.493 e. The van der Waals surface area contributed by atoms with E-state index in [-0.39, 0.29) is 0 Å². The zero-order valence-electron chi connectivity index (χ0n) is 9.08. The van der Waals surface area contributed by atoms with Crippen LogP contribution < -0.4 is 10.5 Å². The Morgan fingerprint density at radius 3 is 3.06 bits per heavy atom. The van der Waals surface area contributed by atoms with Crippen molar-refractivity contribution in [1.29, 1.82) is 0 Å². The molecule has 1 atom stereocenters. The summed E-state index contributed by atoms with van der Waals surface area (Å²) >= 11 is 6.03. The lowest BCUT2D eigenvalue weighted by Crippen LogP contribution is -2.16. The van der Waals surface area contributed by atoms with E-state index in [0.717, 1.165) is 23.3 Å². The zero-order valence-corrected chi connectivity index (χ0v) is 9.83. The Morgan fingerprint density at radius 1 is 1.50 bits per heavy atom. The fourth-order valence-electron chi connectivity index (χ4n) is 2.05. The summed E-state index contributed by atoms with van der Waals surface area (Å²) < 4.78 is 5.56. The molecule has 0 aliphatic carbocycles. The van der Waals surface area contributed by atoms with E-state index in [1.165, 1.54) is 0 Å². The number of hydrogen-bond donors (Lipinski definition) is 2. The van der Waals surface area contributed by atoms with Crippen molar-refractivity contribution < 1.29 is 9.84 Å². The van der Waals surface area contributed by atoms with Gasteiger partial charge in [-0.25, -0.2) is 0 Å². The first-order chi connectivity index (χ1) is 7.70. The van der Waals surface area contributed by atoms with Crippen molar-refractivity contribution in [3.05, 3.63) is 28.3 Å². The molecular formula is C12H16ClNO2. The van der Waals surface area contributed by atoms with Gasteiger partial charge < -0.3 is 15.6 Å². The van der Waals surface area contributed by atoms with Crippen LogP contribution in [0.4, 0.5) is 0 Å². The molecule has 88 valence electrons. The molecule has 0 radical (unpaired) electrons. The molecule has 0 amide bonds. The quantitative estimate of drug-likeness (QED) is 0.841. The molecule has 1 aromatic carbocycles. The first-order valence-corrected chi connectivity index (χ1v) is 5.90. The van der Waals surface area contributed by atoms with E-state index in [2.05, 4.69) is 0 Å². The van der Waals surface area contributed by atoms with Gasteiger partial charge in [-0.3, -0.25) is 0 Å². The Morgan fingerprint density at radius 2 is 2.31 bits per heavy atom. The Hall–Kier alpha value is -0.770. The summed E-state index contributed by atoms with van der Waals surface area (Å²) in [6.45, 7) is 1.19.